The zero-order valence-electron chi connectivity index (χ0n) is 11.5. The Morgan fingerprint density at radius 3 is 2.85 bits per heavy atom. The number of nitrogens with two attached hydrogens (primary N) is 1. The van der Waals surface area contributed by atoms with Crippen molar-refractivity contribution in [1.29, 1.82) is 0 Å². The van der Waals surface area contributed by atoms with Crippen LogP contribution in [0.25, 0.3) is 11.4 Å². The lowest BCUT2D eigenvalue weighted by molar-refractivity contribution is 0.0948. The first-order chi connectivity index (χ1) is 9.65. The number of tetrazole rings is 1. The second kappa shape index (κ2) is 5.16. The highest BCUT2D eigenvalue weighted by Gasteiger charge is 2.36. The maximum Gasteiger partial charge on any atom is 0.183 e. The normalized spacial score (nSPS) is 16.9. The van der Waals surface area contributed by atoms with Crippen molar-refractivity contribution < 1.29 is 0 Å². The summed E-state index contributed by atoms with van der Waals surface area (Å²) in [7, 11) is 0. The van der Waals surface area contributed by atoms with Crippen LogP contribution in [-0.2, 0) is 6.54 Å². The summed E-state index contributed by atoms with van der Waals surface area (Å²) in [4.78, 5) is 0. The smallest absolute Gasteiger partial charge is 0.183 e. The van der Waals surface area contributed by atoms with Crippen molar-refractivity contribution in [3.63, 3.8) is 0 Å². The van der Waals surface area contributed by atoms with Gasteiger partial charge in [-0.05, 0) is 63.2 Å². The zero-order chi connectivity index (χ0) is 14.2. The van der Waals surface area contributed by atoms with Crippen molar-refractivity contribution >= 4 is 21.6 Å². The molecule has 2 N–H and O–H groups in total. The molecule has 1 aromatic heterocycles. The molecule has 1 aliphatic rings. The quantitative estimate of drug-likeness (QED) is 0.870. The van der Waals surface area contributed by atoms with Crippen LogP contribution in [0, 0.1) is 5.41 Å². The molecule has 0 aliphatic heterocycles. The molecule has 3 rings (SSSR count). The summed E-state index contributed by atoms with van der Waals surface area (Å²) in [5.41, 5.74) is 7.96. The number of benzene rings is 1. The average molecular weight is 336 g/mol. The highest BCUT2D eigenvalue weighted by Crippen LogP contribution is 2.45. The number of hydrogen-bond donors (Lipinski definition) is 1. The Bertz CT molecular complexity index is 612. The number of hydrogen-bond acceptors (Lipinski definition) is 4. The van der Waals surface area contributed by atoms with E-state index in [1.807, 2.05) is 22.9 Å². The fourth-order valence-corrected chi connectivity index (χ4v) is 3.29. The van der Waals surface area contributed by atoms with E-state index in [1.54, 1.807) is 0 Å². The van der Waals surface area contributed by atoms with E-state index in [1.165, 1.54) is 25.7 Å². The highest BCUT2D eigenvalue weighted by molar-refractivity contribution is 9.10. The third-order valence-corrected chi connectivity index (χ3v) is 5.34. The van der Waals surface area contributed by atoms with Gasteiger partial charge in [-0.15, -0.1) is 5.10 Å². The summed E-state index contributed by atoms with van der Waals surface area (Å²) in [5, 5.41) is 12.2. The number of nitrogens with zero attached hydrogens (tertiary/aromatic N) is 4. The van der Waals surface area contributed by atoms with E-state index in [-0.39, 0.29) is 0 Å². The Morgan fingerprint density at radius 1 is 1.40 bits per heavy atom. The van der Waals surface area contributed by atoms with Gasteiger partial charge in [0.05, 0.1) is 11.0 Å². The van der Waals surface area contributed by atoms with Crippen molar-refractivity contribution in [2.75, 3.05) is 5.73 Å². The van der Waals surface area contributed by atoms with E-state index in [9.17, 15) is 0 Å². The minimum absolute atomic E-state index is 0.372. The van der Waals surface area contributed by atoms with E-state index >= 15 is 0 Å². The number of aromatic nitrogens is 4. The zero-order valence-corrected chi connectivity index (χ0v) is 13.1. The van der Waals surface area contributed by atoms with Gasteiger partial charge in [-0.3, -0.25) is 0 Å². The maximum absolute atomic E-state index is 5.94. The molecular weight excluding hydrogens is 318 g/mol. The van der Waals surface area contributed by atoms with Crippen LogP contribution in [0.5, 0.6) is 0 Å². The van der Waals surface area contributed by atoms with Crippen molar-refractivity contribution in [3.8, 4) is 11.4 Å². The molecule has 5 nitrogen and oxygen atoms in total. The Kier molecular flexibility index (Phi) is 3.50. The monoisotopic (exact) mass is 335 g/mol. The first-order valence-corrected chi connectivity index (χ1v) is 7.75. The van der Waals surface area contributed by atoms with Gasteiger partial charge in [0.15, 0.2) is 5.82 Å². The molecule has 1 aromatic carbocycles. The van der Waals surface area contributed by atoms with Gasteiger partial charge >= 0.3 is 0 Å². The van der Waals surface area contributed by atoms with Crippen molar-refractivity contribution in [2.45, 2.75) is 39.2 Å². The van der Waals surface area contributed by atoms with E-state index in [4.69, 9.17) is 5.73 Å². The van der Waals surface area contributed by atoms with Gasteiger partial charge in [0.1, 0.15) is 0 Å². The molecule has 0 saturated heterocycles. The molecule has 0 bridgehead atoms. The minimum atomic E-state index is 0.372. The molecule has 2 aromatic rings. The van der Waals surface area contributed by atoms with Crippen molar-refractivity contribution in [3.05, 3.63) is 22.7 Å². The van der Waals surface area contributed by atoms with Gasteiger partial charge in [0.2, 0.25) is 0 Å². The van der Waals surface area contributed by atoms with Gasteiger partial charge in [-0.1, -0.05) is 19.4 Å². The summed E-state index contributed by atoms with van der Waals surface area (Å²) in [6.45, 7) is 3.13. The molecule has 0 radical (unpaired) electrons. The summed E-state index contributed by atoms with van der Waals surface area (Å²) >= 11 is 3.53. The average Bonchev–Trinajstić information content (AvgIpc) is 2.85. The Labute approximate surface area is 126 Å². The lowest BCUT2D eigenvalue weighted by atomic mass is 9.67. The van der Waals surface area contributed by atoms with Crippen LogP contribution >= 0.6 is 15.9 Å². The molecule has 6 heteroatoms. The van der Waals surface area contributed by atoms with Crippen molar-refractivity contribution in [1.82, 2.24) is 20.2 Å². The summed E-state index contributed by atoms with van der Waals surface area (Å²) in [6, 6.07) is 5.77. The van der Waals surface area contributed by atoms with Crippen molar-refractivity contribution in [2.24, 2.45) is 5.41 Å². The van der Waals surface area contributed by atoms with Gasteiger partial charge in [0, 0.05) is 11.3 Å². The standard InChI is InChI=1S/C14H18BrN5/c1-2-14(7-4-8-14)9-20-13(17-18-19-20)10-5-3-6-11(16)12(10)15/h3,5-6H,2,4,7-9,16H2,1H3. The third kappa shape index (κ3) is 2.22. The number of nitrogen functional groups attached to an aromatic ring is 1. The molecule has 20 heavy (non-hydrogen) atoms. The molecule has 1 saturated carbocycles. The Morgan fingerprint density at radius 2 is 2.20 bits per heavy atom. The third-order valence-electron chi connectivity index (χ3n) is 4.45. The highest BCUT2D eigenvalue weighted by atomic mass is 79.9. The fraction of sp³-hybridized carbons (Fsp3) is 0.500. The van der Waals surface area contributed by atoms with Gasteiger partial charge in [-0.2, -0.15) is 0 Å². The first kappa shape index (κ1) is 13.5. The van der Waals surface area contributed by atoms with Gasteiger partial charge < -0.3 is 5.73 Å². The maximum atomic E-state index is 5.94. The van der Waals surface area contributed by atoms with Crippen LogP contribution in [-0.4, -0.2) is 20.2 Å². The molecule has 0 spiro atoms. The van der Waals surface area contributed by atoms with Crippen LogP contribution in [0.1, 0.15) is 32.6 Å². The number of halogens is 1. The largest absolute Gasteiger partial charge is 0.398 e. The molecule has 0 amide bonds. The molecular formula is C14H18BrN5. The van der Waals surface area contributed by atoms with Crippen LogP contribution in [0.4, 0.5) is 5.69 Å². The van der Waals surface area contributed by atoms with Crippen LogP contribution in [0.2, 0.25) is 0 Å². The summed E-state index contributed by atoms with van der Waals surface area (Å²) in [6.07, 6.45) is 5.01. The van der Waals surface area contributed by atoms with Crippen LogP contribution < -0.4 is 5.73 Å². The van der Waals surface area contributed by atoms with E-state index in [0.717, 1.165) is 22.4 Å². The molecule has 1 fully saturated rings. The SMILES string of the molecule is CCC1(Cn2nnnc2-c2cccc(N)c2Br)CCC1. The minimum Gasteiger partial charge on any atom is -0.398 e. The van der Waals surface area contributed by atoms with E-state index in [0.29, 0.717) is 11.1 Å². The number of rotatable bonds is 4. The molecule has 0 atom stereocenters. The second-order valence-corrected chi connectivity index (χ2v) is 6.37. The number of anilines is 1. The fourth-order valence-electron chi connectivity index (χ4n) is 2.84. The van der Waals surface area contributed by atoms with Gasteiger partial charge in [0.25, 0.3) is 0 Å². The van der Waals surface area contributed by atoms with Crippen LogP contribution in [0.15, 0.2) is 22.7 Å². The Balaban J connectivity index is 1.96. The predicted molar refractivity (Wildman–Crippen MR) is 81.9 cm³/mol. The molecule has 0 unspecified atom stereocenters. The molecule has 106 valence electrons. The first-order valence-electron chi connectivity index (χ1n) is 6.96. The topological polar surface area (TPSA) is 69.6 Å². The summed E-state index contributed by atoms with van der Waals surface area (Å²) in [5.74, 6) is 0.781. The summed E-state index contributed by atoms with van der Waals surface area (Å²) < 4.78 is 2.78. The van der Waals surface area contributed by atoms with Gasteiger partial charge in [-0.25, -0.2) is 4.68 Å². The van der Waals surface area contributed by atoms with Crippen LogP contribution in [0.3, 0.4) is 0 Å². The lowest BCUT2D eigenvalue weighted by Crippen LogP contribution is -2.34. The molecule has 1 aliphatic carbocycles. The van der Waals surface area contributed by atoms with E-state index in [2.05, 4.69) is 38.4 Å². The van der Waals surface area contributed by atoms with E-state index < -0.39 is 0 Å². The predicted octanol–water partition coefficient (Wildman–Crippen LogP) is 3.27. The Hall–Kier alpha value is -1.43. The molecule has 1 heterocycles. The second-order valence-electron chi connectivity index (χ2n) is 5.58. The lowest BCUT2D eigenvalue weighted by Gasteiger charge is -2.41.